The Kier molecular flexibility index (Phi) is 6.16. The monoisotopic (exact) mass is 313 g/mol. The highest BCUT2D eigenvalue weighted by Gasteiger charge is 2.28. The molecule has 102 valence electrons. The fourth-order valence-corrected chi connectivity index (χ4v) is 2.58. The molecular formula is C15H24BrNO. The molecule has 0 amide bonds. The molecule has 1 aromatic rings. The Bertz CT molecular complexity index is 363. The molecule has 2 N–H and O–H groups in total. The van der Waals surface area contributed by atoms with Gasteiger partial charge in [-0.05, 0) is 37.0 Å². The maximum absolute atomic E-state index is 9.78. The molecule has 1 rings (SSSR count). The molecule has 0 fully saturated rings. The normalized spacial score (nSPS) is 16.1. The van der Waals surface area contributed by atoms with E-state index in [0.717, 1.165) is 29.4 Å². The molecule has 1 aromatic carbocycles. The van der Waals surface area contributed by atoms with Crippen LogP contribution < -0.4 is 5.32 Å². The first kappa shape index (κ1) is 15.5. The highest BCUT2D eigenvalue weighted by Crippen LogP contribution is 2.28. The standard InChI is InChI=1S/C15H24BrNO/c1-4-12(3)10-15(5-2,11-18)17-14-8-6-7-13(16)9-14/h6-9,12,17-18H,4-5,10-11H2,1-3H3. The number of hydrogen-bond donors (Lipinski definition) is 2. The first-order chi connectivity index (χ1) is 8.55. The average molecular weight is 314 g/mol. The SMILES string of the molecule is CCC(C)CC(CC)(CO)Nc1cccc(Br)c1. The third kappa shape index (κ3) is 4.29. The van der Waals surface area contributed by atoms with Crippen LogP contribution in [0.1, 0.15) is 40.0 Å². The largest absolute Gasteiger partial charge is 0.394 e. The molecule has 0 radical (unpaired) electrons. The Balaban J connectivity index is 2.84. The van der Waals surface area contributed by atoms with Crippen LogP contribution in [0, 0.1) is 5.92 Å². The molecule has 0 aromatic heterocycles. The Morgan fingerprint density at radius 1 is 1.39 bits per heavy atom. The highest BCUT2D eigenvalue weighted by atomic mass is 79.9. The van der Waals surface area contributed by atoms with Gasteiger partial charge in [-0.25, -0.2) is 0 Å². The minimum Gasteiger partial charge on any atom is -0.394 e. The van der Waals surface area contributed by atoms with Crippen molar-refractivity contribution in [2.24, 2.45) is 5.92 Å². The summed E-state index contributed by atoms with van der Waals surface area (Å²) in [6, 6.07) is 8.11. The number of rotatable bonds is 7. The molecule has 18 heavy (non-hydrogen) atoms. The van der Waals surface area contributed by atoms with Crippen molar-refractivity contribution in [1.82, 2.24) is 0 Å². The number of benzene rings is 1. The van der Waals surface area contributed by atoms with E-state index < -0.39 is 0 Å². The summed E-state index contributed by atoms with van der Waals surface area (Å²) in [7, 11) is 0. The van der Waals surface area contributed by atoms with Gasteiger partial charge < -0.3 is 10.4 Å². The molecule has 3 heteroatoms. The molecule has 2 nitrogen and oxygen atoms in total. The van der Waals surface area contributed by atoms with Crippen molar-refractivity contribution in [3.63, 3.8) is 0 Å². The highest BCUT2D eigenvalue weighted by molar-refractivity contribution is 9.10. The van der Waals surface area contributed by atoms with Crippen LogP contribution in [0.5, 0.6) is 0 Å². The lowest BCUT2D eigenvalue weighted by Gasteiger charge is -2.35. The topological polar surface area (TPSA) is 32.3 Å². The van der Waals surface area contributed by atoms with Gasteiger partial charge in [0.2, 0.25) is 0 Å². The van der Waals surface area contributed by atoms with Gasteiger partial charge in [0.15, 0.2) is 0 Å². The molecule has 0 aliphatic rings. The molecule has 2 atom stereocenters. The van der Waals surface area contributed by atoms with Crippen molar-refractivity contribution in [3.8, 4) is 0 Å². The predicted molar refractivity (Wildman–Crippen MR) is 81.9 cm³/mol. The van der Waals surface area contributed by atoms with E-state index in [1.165, 1.54) is 0 Å². The fraction of sp³-hybridized carbons (Fsp3) is 0.600. The quantitative estimate of drug-likeness (QED) is 0.780. The first-order valence-corrected chi connectivity index (χ1v) is 7.49. The van der Waals surface area contributed by atoms with E-state index in [0.29, 0.717) is 5.92 Å². The second-order valence-electron chi connectivity index (χ2n) is 5.14. The zero-order valence-electron chi connectivity index (χ0n) is 11.5. The van der Waals surface area contributed by atoms with E-state index in [9.17, 15) is 5.11 Å². The molecule has 0 saturated heterocycles. The number of aliphatic hydroxyl groups excluding tert-OH is 1. The van der Waals surface area contributed by atoms with E-state index in [4.69, 9.17) is 0 Å². The van der Waals surface area contributed by atoms with Gasteiger partial charge in [-0.3, -0.25) is 0 Å². The van der Waals surface area contributed by atoms with Crippen molar-refractivity contribution in [2.45, 2.75) is 45.6 Å². The van der Waals surface area contributed by atoms with Crippen molar-refractivity contribution < 1.29 is 5.11 Å². The zero-order chi connectivity index (χ0) is 13.6. The Morgan fingerprint density at radius 3 is 2.61 bits per heavy atom. The predicted octanol–water partition coefficient (Wildman–Crippen LogP) is 4.44. The van der Waals surface area contributed by atoms with Gasteiger partial charge in [0.25, 0.3) is 0 Å². The van der Waals surface area contributed by atoms with Gasteiger partial charge in [-0.2, -0.15) is 0 Å². The van der Waals surface area contributed by atoms with Crippen LogP contribution in [0.4, 0.5) is 5.69 Å². The number of nitrogens with one attached hydrogen (secondary N) is 1. The summed E-state index contributed by atoms with van der Waals surface area (Å²) < 4.78 is 1.05. The van der Waals surface area contributed by atoms with Gasteiger partial charge in [-0.1, -0.05) is 49.2 Å². The van der Waals surface area contributed by atoms with E-state index in [1.54, 1.807) is 0 Å². The molecule has 0 spiro atoms. The van der Waals surface area contributed by atoms with E-state index in [-0.39, 0.29) is 12.1 Å². The fourth-order valence-electron chi connectivity index (χ4n) is 2.18. The molecule has 0 bridgehead atoms. The molecule has 0 saturated carbocycles. The van der Waals surface area contributed by atoms with Crippen molar-refractivity contribution in [2.75, 3.05) is 11.9 Å². The van der Waals surface area contributed by atoms with Crippen LogP contribution in [0.15, 0.2) is 28.7 Å². The third-order valence-electron chi connectivity index (χ3n) is 3.65. The Labute approximate surface area is 119 Å². The van der Waals surface area contributed by atoms with Crippen LogP contribution >= 0.6 is 15.9 Å². The van der Waals surface area contributed by atoms with E-state index in [1.807, 2.05) is 18.2 Å². The lowest BCUT2D eigenvalue weighted by molar-refractivity contribution is 0.181. The van der Waals surface area contributed by atoms with Crippen LogP contribution in [0.2, 0.25) is 0 Å². The molecule has 0 aliphatic heterocycles. The summed E-state index contributed by atoms with van der Waals surface area (Å²) in [5.74, 6) is 0.608. The smallest absolute Gasteiger partial charge is 0.0661 e. The van der Waals surface area contributed by atoms with Crippen LogP contribution in [-0.2, 0) is 0 Å². The number of aliphatic hydroxyl groups is 1. The third-order valence-corrected chi connectivity index (χ3v) is 4.14. The second kappa shape index (κ2) is 7.15. The van der Waals surface area contributed by atoms with Gasteiger partial charge in [0, 0.05) is 10.2 Å². The van der Waals surface area contributed by atoms with Crippen molar-refractivity contribution >= 4 is 21.6 Å². The van der Waals surface area contributed by atoms with Gasteiger partial charge >= 0.3 is 0 Å². The molecule has 2 unspecified atom stereocenters. The zero-order valence-corrected chi connectivity index (χ0v) is 13.1. The van der Waals surface area contributed by atoms with E-state index in [2.05, 4.69) is 48.1 Å². The summed E-state index contributed by atoms with van der Waals surface area (Å²) >= 11 is 3.48. The maximum atomic E-state index is 9.78. The van der Waals surface area contributed by atoms with Crippen molar-refractivity contribution in [1.29, 1.82) is 0 Å². The van der Waals surface area contributed by atoms with Gasteiger partial charge in [0.1, 0.15) is 0 Å². The van der Waals surface area contributed by atoms with Gasteiger partial charge in [0.05, 0.1) is 12.1 Å². The summed E-state index contributed by atoms with van der Waals surface area (Å²) in [5.41, 5.74) is 0.847. The summed E-state index contributed by atoms with van der Waals surface area (Å²) in [6.45, 7) is 6.73. The molecule has 0 aliphatic carbocycles. The molecular weight excluding hydrogens is 290 g/mol. The number of halogens is 1. The first-order valence-electron chi connectivity index (χ1n) is 6.70. The summed E-state index contributed by atoms with van der Waals surface area (Å²) in [5, 5.41) is 13.3. The Hall–Kier alpha value is -0.540. The van der Waals surface area contributed by atoms with Gasteiger partial charge in [-0.15, -0.1) is 0 Å². The average Bonchev–Trinajstić information content (AvgIpc) is 2.37. The minimum absolute atomic E-state index is 0.167. The van der Waals surface area contributed by atoms with Crippen molar-refractivity contribution in [3.05, 3.63) is 28.7 Å². The summed E-state index contributed by atoms with van der Waals surface area (Å²) in [4.78, 5) is 0. The second-order valence-corrected chi connectivity index (χ2v) is 6.06. The van der Waals surface area contributed by atoms with Crippen LogP contribution in [0.25, 0.3) is 0 Å². The minimum atomic E-state index is -0.212. The molecule has 0 heterocycles. The van der Waals surface area contributed by atoms with Crippen LogP contribution in [0.3, 0.4) is 0 Å². The number of hydrogen-bond acceptors (Lipinski definition) is 2. The lowest BCUT2D eigenvalue weighted by atomic mass is 9.85. The van der Waals surface area contributed by atoms with Crippen LogP contribution in [-0.4, -0.2) is 17.3 Å². The maximum Gasteiger partial charge on any atom is 0.0661 e. The summed E-state index contributed by atoms with van der Waals surface area (Å²) in [6.07, 6.45) is 3.05. The van der Waals surface area contributed by atoms with E-state index >= 15 is 0 Å². The Morgan fingerprint density at radius 2 is 2.11 bits per heavy atom. The lowest BCUT2D eigenvalue weighted by Crippen LogP contribution is -2.43. The number of anilines is 1.